The molecule has 9 nitrogen and oxygen atoms in total. The zero-order valence-corrected chi connectivity index (χ0v) is 16.7. The Bertz CT molecular complexity index is 1010. The average molecular weight is 413 g/mol. The second-order valence-corrected chi connectivity index (χ2v) is 5.69. The molecule has 0 saturated carbocycles. The SMILES string of the molecule is COc1cc(/C=C(\C#N)C(=O)O)ccc1OC(=O)c1cc(OC)c(OC)c(OC)c1. The lowest BCUT2D eigenvalue weighted by molar-refractivity contribution is -0.132. The summed E-state index contributed by atoms with van der Waals surface area (Å²) in [5.41, 5.74) is 0.0887. The minimum atomic E-state index is -1.35. The van der Waals surface area contributed by atoms with Crippen LogP contribution in [0.2, 0.25) is 0 Å². The highest BCUT2D eigenvalue weighted by molar-refractivity contribution is 5.96. The monoisotopic (exact) mass is 413 g/mol. The maximum absolute atomic E-state index is 12.7. The summed E-state index contributed by atoms with van der Waals surface area (Å²) in [4.78, 5) is 23.6. The van der Waals surface area contributed by atoms with Crippen molar-refractivity contribution in [1.29, 1.82) is 5.26 Å². The first-order valence-electron chi connectivity index (χ1n) is 8.43. The second kappa shape index (κ2) is 9.84. The topological polar surface area (TPSA) is 124 Å². The lowest BCUT2D eigenvalue weighted by Gasteiger charge is -2.14. The average Bonchev–Trinajstić information content (AvgIpc) is 2.76. The Morgan fingerprint density at radius 2 is 1.50 bits per heavy atom. The van der Waals surface area contributed by atoms with Crippen molar-refractivity contribution >= 4 is 18.0 Å². The normalized spacial score (nSPS) is 10.6. The first kappa shape index (κ1) is 22.1. The lowest BCUT2D eigenvalue weighted by atomic mass is 10.1. The highest BCUT2D eigenvalue weighted by atomic mass is 16.6. The fraction of sp³-hybridized carbons (Fsp3) is 0.190. The standard InChI is InChI=1S/C21H19NO8/c1-26-16-8-12(7-14(11-22)20(23)24)5-6-15(16)30-21(25)13-9-17(27-2)19(29-4)18(10-13)28-3/h5-10H,1-4H3,(H,23,24)/b14-7+. The van der Waals surface area contributed by atoms with E-state index in [0.717, 1.165) is 0 Å². The molecule has 0 aliphatic rings. The molecule has 0 aromatic heterocycles. The smallest absolute Gasteiger partial charge is 0.346 e. The molecule has 0 aliphatic heterocycles. The van der Waals surface area contributed by atoms with Crippen LogP contribution in [0.3, 0.4) is 0 Å². The van der Waals surface area contributed by atoms with Crippen LogP contribution in [0.25, 0.3) is 6.08 Å². The maximum Gasteiger partial charge on any atom is 0.346 e. The van der Waals surface area contributed by atoms with Gasteiger partial charge in [0.05, 0.1) is 34.0 Å². The minimum absolute atomic E-state index is 0.0993. The summed E-state index contributed by atoms with van der Waals surface area (Å²) in [6.07, 6.45) is 1.18. The number of carboxylic acids is 1. The van der Waals surface area contributed by atoms with Gasteiger partial charge in [0.2, 0.25) is 5.75 Å². The van der Waals surface area contributed by atoms with Crippen LogP contribution < -0.4 is 23.7 Å². The van der Waals surface area contributed by atoms with Crippen molar-refractivity contribution in [1.82, 2.24) is 0 Å². The summed E-state index contributed by atoms with van der Waals surface area (Å²) >= 11 is 0. The molecule has 2 rings (SSSR count). The van der Waals surface area contributed by atoms with Crippen molar-refractivity contribution in [3.8, 4) is 34.8 Å². The third-order valence-electron chi connectivity index (χ3n) is 3.95. The maximum atomic E-state index is 12.7. The van der Waals surface area contributed by atoms with Gasteiger partial charge in [-0.2, -0.15) is 5.26 Å². The summed E-state index contributed by atoms with van der Waals surface area (Å²) in [5, 5.41) is 17.8. The number of nitrogens with zero attached hydrogens (tertiary/aromatic N) is 1. The molecule has 0 aliphatic carbocycles. The Kier molecular flexibility index (Phi) is 7.25. The minimum Gasteiger partial charge on any atom is -0.493 e. The molecule has 156 valence electrons. The number of carbonyl (C=O) groups is 2. The number of rotatable bonds is 8. The predicted molar refractivity (Wildman–Crippen MR) is 105 cm³/mol. The van der Waals surface area contributed by atoms with E-state index in [1.54, 1.807) is 6.07 Å². The molecular weight excluding hydrogens is 394 g/mol. The Morgan fingerprint density at radius 1 is 0.900 bits per heavy atom. The zero-order chi connectivity index (χ0) is 22.3. The van der Waals surface area contributed by atoms with E-state index in [2.05, 4.69) is 0 Å². The van der Waals surface area contributed by atoms with Gasteiger partial charge >= 0.3 is 11.9 Å². The first-order chi connectivity index (χ1) is 14.4. The number of carboxylic acid groups (broad SMARTS) is 1. The van der Waals surface area contributed by atoms with Crippen molar-refractivity contribution in [2.75, 3.05) is 28.4 Å². The van der Waals surface area contributed by atoms with Gasteiger partial charge in [-0.1, -0.05) is 6.07 Å². The quantitative estimate of drug-likeness (QED) is 0.301. The van der Waals surface area contributed by atoms with Gasteiger partial charge in [-0.3, -0.25) is 0 Å². The van der Waals surface area contributed by atoms with Crippen molar-refractivity contribution in [2.24, 2.45) is 0 Å². The Morgan fingerprint density at radius 3 is 1.97 bits per heavy atom. The third-order valence-corrected chi connectivity index (χ3v) is 3.95. The fourth-order valence-corrected chi connectivity index (χ4v) is 2.52. The van der Waals surface area contributed by atoms with E-state index in [1.165, 1.54) is 64.8 Å². The number of methoxy groups -OCH3 is 4. The molecule has 0 heterocycles. The molecule has 1 N–H and O–H groups in total. The third kappa shape index (κ3) is 4.80. The molecule has 0 saturated heterocycles. The number of esters is 1. The fourth-order valence-electron chi connectivity index (χ4n) is 2.52. The molecule has 0 unspecified atom stereocenters. The molecule has 0 fully saturated rings. The van der Waals surface area contributed by atoms with E-state index in [1.807, 2.05) is 0 Å². The predicted octanol–water partition coefficient (Wildman–Crippen LogP) is 2.93. The van der Waals surface area contributed by atoms with E-state index in [9.17, 15) is 9.59 Å². The molecule has 0 bridgehead atoms. The molecule has 0 atom stereocenters. The second-order valence-electron chi connectivity index (χ2n) is 5.69. The molecule has 0 radical (unpaired) electrons. The Balaban J connectivity index is 2.37. The molecule has 2 aromatic rings. The van der Waals surface area contributed by atoms with Crippen molar-refractivity contribution in [3.05, 3.63) is 47.0 Å². The van der Waals surface area contributed by atoms with Crippen LogP contribution >= 0.6 is 0 Å². The number of aliphatic carboxylic acids is 1. The Hall–Kier alpha value is -4.19. The number of nitriles is 1. The summed E-state index contributed by atoms with van der Waals surface area (Å²) < 4.78 is 26.3. The number of carbonyl (C=O) groups excluding carboxylic acids is 1. The van der Waals surface area contributed by atoms with Crippen LogP contribution in [0.5, 0.6) is 28.7 Å². The molecule has 9 heteroatoms. The number of hydrogen-bond donors (Lipinski definition) is 1. The van der Waals surface area contributed by atoms with Crippen molar-refractivity contribution in [3.63, 3.8) is 0 Å². The highest BCUT2D eigenvalue weighted by Crippen LogP contribution is 2.39. The van der Waals surface area contributed by atoms with Crippen molar-refractivity contribution in [2.45, 2.75) is 0 Å². The number of benzene rings is 2. The van der Waals surface area contributed by atoms with Gasteiger partial charge in [0.1, 0.15) is 11.6 Å². The van der Waals surface area contributed by atoms with Crippen LogP contribution in [0.1, 0.15) is 15.9 Å². The molecule has 30 heavy (non-hydrogen) atoms. The lowest BCUT2D eigenvalue weighted by Crippen LogP contribution is -2.10. The van der Waals surface area contributed by atoms with Crippen LogP contribution in [-0.2, 0) is 4.79 Å². The van der Waals surface area contributed by atoms with E-state index >= 15 is 0 Å². The van der Waals surface area contributed by atoms with Crippen LogP contribution in [0.4, 0.5) is 0 Å². The van der Waals surface area contributed by atoms with E-state index < -0.39 is 17.5 Å². The molecular formula is C21H19NO8. The largest absolute Gasteiger partial charge is 0.493 e. The zero-order valence-electron chi connectivity index (χ0n) is 16.7. The van der Waals surface area contributed by atoms with Crippen LogP contribution in [0, 0.1) is 11.3 Å². The summed E-state index contributed by atoms with van der Waals surface area (Å²) in [6, 6.07) is 8.83. The van der Waals surface area contributed by atoms with E-state index in [-0.39, 0.29) is 28.6 Å². The highest BCUT2D eigenvalue weighted by Gasteiger charge is 2.19. The van der Waals surface area contributed by atoms with Gasteiger partial charge in [0.15, 0.2) is 23.0 Å². The summed E-state index contributed by atoms with van der Waals surface area (Å²) in [6.45, 7) is 0. The summed E-state index contributed by atoms with van der Waals surface area (Å²) in [5.74, 6) is -0.886. The number of hydrogen-bond acceptors (Lipinski definition) is 8. The van der Waals surface area contributed by atoms with Gasteiger partial charge < -0.3 is 28.8 Å². The van der Waals surface area contributed by atoms with Crippen molar-refractivity contribution < 1.29 is 38.4 Å². The van der Waals surface area contributed by atoms with Gasteiger partial charge in [-0.25, -0.2) is 9.59 Å². The van der Waals surface area contributed by atoms with Gasteiger partial charge in [-0.15, -0.1) is 0 Å². The van der Waals surface area contributed by atoms with Crippen LogP contribution in [-0.4, -0.2) is 45.5 Å². The first-order valence-corrected chi connectivity index (χ1v) is 8.43. The van der Waals surface area contributed by atoms with Gasteiger partial charge in [0, 0.05) is 0 Å². The molecule has 0 spiro atoms. The van der Waals surface area contributed by atoms with E-state index in [4.69, 9.17) is 34.1 Å². The van der Waals surface area contributed by atoms with Gasteiger partial charge in [-0.05, 0) is 35.9 Å². The molecule has 0 amide bonds. The number of ether oxygens (including phenoxy) is 5. The summed E-state index contributed by atoms with van der Waals surface area (Å²) in [7, 11) is 5.66. The van der Waals surface area contributed by atoms with Crippen LogP contribution in [0.15, 0.2) is 35.9 Å². The molecule has 2 aromatic carbocycles. The Labute approximate surface area is 172 Å². The van der Waals surface area contributed by atoms with Gasteiger partial charge in [0.25, 0.3) is 0 Å². The van der Waals surface area contributed by atoms with E-state index in [0.29, 0.717) is 11.3 Å².